The lowest BCUT2D eigenvalue weighted by Gasteiger charge is -2.42. The molecular weight excluding hydrogens is 498 g/mol. The van der Waals surface area contributed by atoms with Crippen molar-refractivity contribution in [2.45, 2.75) is 33.1 Å². The summed E-state index contributed by atoms with van der Waals surface area (Å²) >= 11 is 0. The SMILES string of the molecule is COc1cc(N2c3ccc(C)cc3C(C)(C)c3cc(C)ccc32)c(OC)cc1C=C1C(=O)c2ccccc2C1=O. The highest BCUT2D eigenvalue weighted by Crippen LogP contribution is 2.54. The number of ketones is 2. The van der Waals surface area contributed by atoms with E-state index in [4.69, 9.17) is 9.47 Å². The fraction of sp³-hybridized carbons (Fsp3) is 0.200. The van der Waals surface area contributed by atoms with Crippen molar-refractivity contribution < 1.29 is 19.1 Å². The predicted molar refractivity (Wildman–Crippen MR) is 159 cm³/mol. The molecule has 1 heterocycles. The summed E-state index contributed by atoms with van der Waals surface area (Å²) in [6, 6.07) is 23.7. The van der Waals surface area contributed by atoms with Gasteiger partial charge < -0.3 is 14.4 Å². The van der Waals surface area contributed by atoms with Crippen molar-refractivity contribution in [1.29, 1.82) is 0 Å². The van der Waals surface area contributed by atoms with E-state index in [1.165, 1.54) is 22.3 Å². The summed E-state index contributed by atoms with van der Waals surface area (Å²) in [7, 11) is 3.22. The molecule has 0 saturated heterocycles. The van der Waals surface area contributed by atoms with Gasteiger partial charge >= 0.3 is 0 Å². The minimum absolute atomic E-state index is 0.121. The Morgan fingerprint density at radius 3 is 1.70 bits per heavy atom. The summed E-state index contributed by atoms with van der Waals surface area (Å²) in [6.45, 7) is 8.76. The highest BCUT2D eigenvalue weighted by atomic mass is 16.5. The van der Waals surface area contributed by atoms with E-state index in [0.717, 1.165) is 17.1 Å². The van der Waals surface area contributed by atoms with Crippen LogP contribution in [0.4, 0.5) is 17.1 Å². The first-order chi connectivity index (χ1) is 19.1. The van der Waals surface area contributed by atoms with Gasteiger partial charge in [-0.2, -0.15) is 0 Å². The molecule has 5 nitrogen and oxygen atoms in total. The lowest BCUT2D eigenvalue weighted by Crippen LogP contribution is -2.31. The number of allylic oxidation sites excluding steroid dienone is 1. The van der Waals surface area contributed by atoms with Gasteiger partial charge in [-0.3, -0.25) is 9.59 Å². The van der Waals surface area contributed by atoms with Gasteiger partial charge in [0.2, 0.25) is 0 Å². The molecule has 0 radical (unpaired) electrons. The minimum atomic E-state index is -0.280. The van der Waals surface area contributed by atoms with Crippen LogP contribution in [0.15, 0.2) is 78.4 Å². The largest absolute Gasteiger partial charge is 0.496 e. The lowest BCUT2D eigenvalue weighted by atomic mass is 9.72. The maximum atomic E-state index is 13.1. The van der Waals surface area contributed by atoms with Gasteiger partial charge in [0.15, 0.2) is 11.6 Å². The molecule has 2 aliphatic rings. The summed E-state index contributed by atoms with van der Waals surface area (Å²) in [5, 5.41) is 0. The second-order valence-corrected chi connectivity index (χ2v) is 11.0. The van der Waals surface area contributed by atoms with Gasteiger partial charge in [0.05, 0.1) is 36.9 Å². The molecule has 0 amide bonds. The number of rotatable bonds is 4. The number of ether oxygens (including phenoxy) is 2. The quantitative estimate of drug-likeness (QED) is 0.199. The maximum Gasteiger partial charge on any atom is 0.197 e. The van der Waals surface area contributed by atoms with Crippen molar-refractivity contribution in [2.24, 2.45) is 0 Å². The Kier molecular flexibility index (Phi) is 5.91. The summed E-state index contributed by atoms with van der Waals surface area (Å²) in [5.74, 6) is 0.572. The average molecular weight is 530 g/mol. The van der Waals surface area contributed by atoms with Gasteiger partial charge in [-0.25, -0.2) is 0 Å². The predicted octanol–water partition coefficient (Wildman–Crippen LogP) is 7.89. The van der Waals surface area contributed by atoms with E-state index < -0.39 is 0 Å². The van der Waals surface area contributed by atoms with Crippen LogP contribution in [-0.4, -0.2) is 25.8 Å². The molecule has 0 fully saturated rings. The number of aryl methyl sites for hydroxylation is 2. The monoisotopic (exact) mass is 529 g/mol. The molecular formula is C35H31NO4. The number of hydrogen-bond acceptors (Lipinski definition) is 5. The summed E-state index contributed by atoms with van der Waals surface area (Å²) < 4.78 is 11.8. The van der Waals surface area contributed by atoms with E-state index in [0.29, 0.717) is 28.2 Å². The molecule has 40 heavy (non-hydrogen) atoms. The second kappa shape index (κ2) is 9.23. The van der Waals surface area contributed by atoms with E-state index in [1.807, 2.05) is 12.1 Å². The number of Topliss-reactive ketones (excluding diaryl/α,β-unsaturated/α-hetero) is 2. The molecule has 4 aromatic carbocycles. The van der Waals surface area contributed by atoms with Crippen LogP contribution in [0.1, 0.15) is 62.4 Å². The number of nitrogens with zero attached hydrogens (tertiary/aromatic N) is 1. The zero-order valence-electron chi connectivity index (χ0n) is 23.6. The van der Waals surface area contributed by atoms with Gasteiger partial charge in [-0.1, -0.05) is 73.5 Å². The van der Waals surface area contributed by atoms with Crippen molar-refractivity contribution in [3.8, 4) is 11.5 Å². The Hall–Kier alpha value is -4.64. The fourth-order valence-electron chi connectivity index (χ4n) is 5.98. The van der Waals surface area contributed by atoms with Gasteiger partial charge in [0, 0.05) is 28.2 Å². The topological polar surface area (TPSA) is 55.8 Å². The zero-order valence-corrected chi connectivity index (χ0v) is 23.6. The van der Waals surface area contributed by atoms with E-state index in [1.54, 1.807) is 44.6 Å². The van der Waals surface area contributed by atoms with Crippen molar-refractivity contribution in [1.82, 2.24) is 0 Å². The molecule has 1 aliphatic heterocycles. The third-order valence-electron chi connectivity index (χ3n) is 8.11. The third-order valence-corrected chi connectivity index (χ3v) is 8.11. The molecule has 0 aromatic heterocycles. The first kappa shape index (κ1) is 25.6. The number of carbonyl (C=O) groups is 2. The van der Waals surface area contributed by atoms with E-state index in [9.17, 15) is 9.59 Å². The molecule has 0 atom stereocenters. The highest BCUT2D eigenvalue weighted by Gasteiger charge is 2.38. The molecule has 200 valence electrons. The molecule has 6 rings (SSSR count). The molecule has 0 spiro atoms. The molecule has 0 bridgehead atoms. The third kappa shape index (κ3) is 3.76. The normalized spacial score (nSPS) is 14.9. The van der Waals surface area contributed by atoms with Crippen LogP contribution in [0.2, 0.25) is 0 Å². The van der Waals surface area contributed by atoms with Crippen molar-refractivity contribution >= 4 is 34.7 Å². The van der Waals surface area contributed by atoms with Crippen LogP contribution in [0, 0.1) is 13.8 Å². The number of benzene rings is 4. The second-order valence-electron chi connectivity index (χ2n) is 11.0. The van der Waals surface area contributed by atoms with Gasteiger partial charge in [0.25, 0.3) is 0 Å². The first-order valence-electron chi connectivity index (χ1n) is 13.3. The maximum absolute atomic E-state index is 13.1. The first-order valence-corrected chi connectivity index (χ1v) is 13.3. The molecule has 5 heteroatoms. The van der Waals surface area contributed by atoms with Gasteiger partial charge in [0.1, 0.15) is 11.5 Å². The Balaban J connectivity index is 1.56. The summed E-state index contributed by atoms with van der Waals surface area (Å²) in [5.41, 5.74) is 9.13. The number of fused-ring (bicyclic) bond motifs is 3. The zero-order chi connectivity index (χ0) is 28.3. The Morgan fingerprint density at radius 1 is 0.675 bits per heavy atom. The van der Waals surface area contributed by atoms with Crippen LogP contribution < -0.4 is 14.4 Å². The van der Waals surface area contributed by atoms with Crippen LogP contribution in [-0.2, 0) is 5.41 Å². The number of methoxy groups -OCH3 is 2. The van der Waals surface area contributed by atoms with Crippen LogP contribution in [0.5, 0.6) is 11.5 Å². The van der Waals surface area contributed by atoms with Gasteiger partial charge in [-0.15, -0.1) is 0 Å². The van der Waals surface area contributed by atoms with Crippen LogP contribution in [0.25, 0.3) is 6.08 Å². The van der Waals surface area contributed by atoms with Gasteiger partial charge in [-0.05, 0) is 49.2 Å². The molecule has 0 saturated carbocycles. The van der Waals surface area contributed by atoms with Crippen LogP contribution in [0.3, 0.4) is 0 Å². The molecule has 0 unspecified atom stereocenters. The van der Waals surface area contributed by atoms with Crippen molar-refractivity contribution in [3.63, 3.8) is 0 Å². The average Bonchev–Trinajstić information content (AvgIpc) is 3.19. The number of hydrogen-bond donors (Lipinski definition) is 0. The Labute approximate surface area is 234 Å². The highest BCUT2D eigenvalue weighted by molar-refractivity contribution is 6.41. The van der Waals surface area contributed by atoms with E-state index >= 15 is 0 Å². The van der Waals surface area contributed by atoms with E-state index in [2.05, 4.69) is 69.0 Å². The molecule has 1 aliphatic carbocycles. The Morgan fingerprint density at radius 2 is 1.20 bits per heavy atom. The number of carbonyl (C=O) groups excluding carboxylic acids is 2. The molecule has 4 aromatic rings. The van der Waals surface area contributed by atoms with E-state index in [-0.39, 0.29) is 22.6 Å². The summed E-state index contributed by atoms with van der Waals surface area (Å²) in [6.07, 6.45) is 1.61. The Bertz CT molecular complexity index is 1670. The van der Waals surface area contributed by atoms with Crippen molar-refractivity contribution in [2.75, 3.05) is 19.1 Å². The fourth-order valence-corrected chi connectivity index (χ4v) is 5.98. The lowest BCUT2D eigenvalue weighted by molar-refractivity contribution is 0.0990. The van der Waals surface area contributed by atoms with Crippen LogP contribution >= 0.6 is 0 Å². The standard InChI is InChI=1S/C35H31NO4/c1-20-11-13-28-26(15-20)35(3,4)27-16-21(2)12-14-29(27)36(28)30-19-31(39-5)22(18-32(30)40-6)17-25-33(37)23-9-7-8-10-24(23)34(25)38/h7-19H,1-6H3. The summed E-state index contributed by atoms with van der Waals surface area (Å²) in [4.78, 5) is 28.4. The smallest absolute Gasteiger partial charge is 0.197 e. The number of anilines is 3. The van der Waals surface area contributed by atoms with Crippen molar-refractivity contribution in [3.05, 3.63) is 117 Å². The molecule has 0 N–H and O–H groups in total. The minimum Gasteiger partial charge on any atom is -0.496 e.